The number of halogens is 2. The van der Waals surface area contributed by atoms with Crippen molar-refractivity contribution >= 4 is 61.9 Å². The van der Waals surface area contributed by atoms with E-state index in [4.69, 9.17) is 17.0 Å². The van der Waals surface area contributed by atoms with E-state index in [1.54, 1.807) is 31.2 Å². The molecule has 1 aliphatic heterocycles. The van der Waals surface area contributed by atoms with E-state index >= 15 is 0 Å². The van der Waals surface area contributed by atoms with Crippen molar-refractivity contribution in [2.45, 2.75) is 6.92 Å². The lowest BCUT2D eigenvalue weighted by Crippen LogP contribution is -2.28. The number of thiocarbonyl (C=S) groups is 1. The maximum absolute atomic E-state index is 14.1. The van der Waals surface area contributed by atoms with Gasteiger partial charge in [-0.15, -0.1) is 0 Å². The molecule has 0 unspecified atom stereocenters. The van der Waals surface area contributed by atoms with Gasteiger partial charge in [0.15, 0.2) is 15.8 Å². The van der Waals surface area contributed by atoms with Gasteiger partial charge in [-0.05, 0) is 42.8 Å². The predicted molar refractivity (Wildman–Crippen MR) is 109 cm³/mol. The van der Waals surface area contributed by atoms with Crippen molar-refractivity contribution in [3.8, 4) is 11.5 Å². The molecule has 0 saturated carbocycles. The molecule has 8 heteroatoms. The zero-order chi connectivity index (χ0) is 18.8. The molecule has 0 bridgehead atoms. The van der Waals surface area contributed by atoms with Gasteiger partial charge in [0.2, 0.25) is 0 Å². The van der Waals surface area contributed by atoms with Gasteiger partial charge in [-0.25, -0.2) is 4.39 Å². The Morgan fingerprint density at radius 3 is 2.81 bits per heavy atom. The molecular formula is C18H13BrFNO3S2. The van der Waals surface area contributed by atoms with E-state index in [0.29, 0.717) is 27.3 Å². The summed E-state index contributed by atoms with van der Waals surface area (Å²) in [5.74, 6) is -0.612. The third kappa shape index (κ3) is 3.62. The molecule has 4 nitrogen and oxygen atoms in total. The predicted octanol–water partition coefficient (Wildman–Crippen LogP) is 5.10. The number of anilines is 1. The molecule has 0 spiro atoms. The van der Waals surface area contributed by atoms with Crippen molar-refractivity contribution in [1.82, 2.24) is 0 Å². The van der Waals surface area contributed by atoms with Gasteiger partial charge < -0.3 is 9.84 Å². The van der Waals surface area contributed by atoms with Gasteiger partial charge >= 0.3 is 0 Å². The molecule has 1 saturated heterocycles. The summed E-state index contributed by atoms with van der Waals surface area (Å²) in [6.45, 7) is 2.20. The fourth-order valence-corrected chi connectivity index (χ4v) is 4.11. The van der Waals surface area contributed by atoms with Crippen LogP contribution >= 0.6 is 39.9 Å². The molecule has 26 heavy (non-hydrogen) atoms. The average molecular weight is 454 g/mol. The van der Waals surface area contributed by atoms with Crippen molar-refractivity contribution in [1.29, 1.82) is 0 Å². The van der Waals surface area contributed by atoms with Crippen LogP contribution in [0.2, 0.25) is 0 Å². The first kappa shape index (κ1) is 18.9. The van der Waals surface area contributed by atoms with Gasteiger partial charge in [-0.2, -0.15) is 0 Å². The number of phenolic OH excluding ortho intramolecular Hbond substituents is 1. The minimum absolute atomic E-state index is 0.00483. The van der Waals surface area contributed by atoms with E-state index in [1.807, 2.05) is 0 Å². The van der Waals surface area contributed by atoms with Gasteiger partial charge in [0.25, 0.3) is 5.91 Å². The number of para-hydroxylation sites is 1. The lowest BCUT2D eigenvalue weighted by Gasteiger charge is -2.15. The average Bonchev–Trinajstić information content (AvgIpc) is 2.87. The minimum atomic E-state index is -0.519. The minimum Gasteiger partial charge on any atom is -0.504 e. The molecule has 0 aromatic heterocycles. The number of thioether (sulfide) groups is 1. The number of ether oxygens (including phenoxy) is 1. The number of hydrogen-bond donors (Lipinski definition) is 1. The van der Waals surface area contributed by atoms with E-state index in [0.717, 1.165) is 11.8 Å². The monoisotopic (exact) mass is 453 g/mol. The van der Waals surface area contributed by atoms with Crippen LogP contribution in [0.5, 0.6) is 11.5 Å². The molecule has 1 amide bonds. The molecule has 1 aliphatic rings. The van der Waals surface area contributed by atoms with E-state index < -0.39 is 11.7 Å². The number of nitrogens with zero attached hydrogens (tertiary/aromatic N) is 1. The summed E-state index contributed by atoms with van der Waals surface area (Å²) in [4.78, 5) is 14.3. The van der Waals surface area contributed by atoms with Gasteiger partial charge in [-0.1, -0.05) is 52.0 Å². The number of hydrogen-bond acceptors (Lipinski definition) is 5. The topological polar surface area (TPSA) is 49.8 Å². The molecule has 2 aromatic rings. The summed E-state index contributed by atoms with van der Waals surface area (Å²) < 4.78 is 20.3. The first-order valence-electron chi connectivity index (χ1n) is 7.60. The van der Waals surface area contributed by atoms with Crippen LogP contribution in [-0.4, -0.2) is 21.9 Å². The molecule has 1 fully saturated rings. The summed E-state index contributed by atoms with van der Waals surface area (Å²) in [5.41, 5.74) is 0.762. The third-order valence-electron chi connectivity index (χ3n) is 3.55. The van der Waals surface area contributed by atoms with Gasteiger partial charge in [0, 0.05) is 4.47 Å². The van der Waals surface area contributed by atoms with Crippen LogP contribution in [0, 0.1) is 5.82 Å². The number of carbonyl (C=O) groups is 1. The van der Waals surface area contributed by atoms with Crippen molar-refractivity contribution in [3.63, 3.8) is 0 Å². The number of phenols is 1. The Labute approximate surface area is 167 Å². The summed E-state index contributed by atoms with van der Waals surface area (Å²) in [5, 5.41) is 9.90. The molecule has 0 radical (unpaired) electrons. The normalized spacial score (nSPS) is 15.8. The highest BCUT2D eigenvalue weighted by Crippen LogP contribution is 2.39. The number of aromatic hydroxyl groups is 1. The van der Waals surface area contributed by atoms with Crippen molar-refractivity contribution < 1.29 is 19.0 Å². The van der Waals surface area contributed by atoms with Gasteiger partial charge in [0.1, 0.15) is 5.82 Å². The molecule has 134 valence electrons. The van der Waals surface area contributed by atoms with E-state index in [9.17, 15) is 14.3 Å². The van der Waals surface area contributed by atoms with Crippen molar-refractivity contribution in [2.24, 2.45) is 0 Å². The van der Waals surface area contributed by atoms with Gasteiger partial charge in [-0.3, -0.25) is 9.69 Å². The molecular weight excluding hydrogens is 441 g/mol. The second kappa shape index (κ2) is 7.77. The fourth-order valence-electron chi connectivity index (χ4n) is 2.39. The van der Waals surface area contributed by atoms with Gasteiger partial charge in [0.05, 0.1) is 17.2 Å². The maximum atomic E-state index is 14.1. The number of carbonyl (C=O) groups excluding carboxylic acids is 1. The molecule has 2 aromatic carbocycles. The van der Waals surface area contributed by atoms with Crippen molar-refractivity contribution in [2.75, 3.05) is 11.5 Å². The van der Waals surface area contributed by atoms with Crippen LogP contribution in [-0.2, 0) is 4.79 Å². The number of rotatable bonds is 4. The molecule has 1 N–H and O–H groups in total. The Balaban J connectivity index is 1.99. The fraction of sp³-hybridized carbons (Fsp3) is 0.111. The number of benzene rings is 2. The van der Waals surface area contributed by atoms with Crippen LogP contribution in [0.25, 0.3) is 6.08 Å². The lowest BCUT2D eigenvalue weighted by molar-refractivity contribution is -0.113. The summed E-state index contributed by atoms with van der Waals surface area (Å²) in [6.07, 6.45) is 1.63. The first-order valence-corrected chi connectivity index (χ1v) is 9.62. The van der Waals surface area contributed by atoms with Crippen LogP contribution in [0.4, 0.5) is 10.1 Å². The van der Waals surface area contributed by atoms with Crippen LogP contribution in [0.1, 0.15) is 12.5 Å². The van der Waals surface area contributed by atoms with Crippen molar-refractivity contribution in [3.05, 3.63) is 57.2 Å². The Hall–Kier alpha value is -1.90. The lowest BCUT2D eigenvalue weighted by atomic mass is 10.1. The maximum Gasteiger partial charge on any atom is 0.270 e. The SMILES string of the molecule is CCOc1cc(/C=C2/SC(=S)N(c3ccccc3F)C2=O)c(Br)cc1O. The Morgan fingerprint density at radius 2 is 2.12 bits per heavy atom. The van der Waals surface area contributed by atoms with Crippen LogP contribution < -0.4 is 9.64 Å². The quantitative estimate of drug-likeness (QED) is 0.515. The van der Waals surface area contributed by atoms with E-state index in [2.05, 4.69) is 15.9 Å². The van der Waals surface area contributed by atoms with E-state index in [1.165, 1.54) is 23.1 Å². The zero-order valence-corrected chi connectivity index (χ0v) is 16.8. The summed E-state index contributed by atoms with van der Waals surface area (Å²) in [7, 11) is 0. The smallest absolute Gasteiger partial charge is 0.270 e. The summed E-state index contributed by atoms with van der Waals surface area (Å²) >= 11 is 9.71. The second-order valence-corrected chi connectivity index (χ2v) is 7.77. The standard InChI is InChI=1S/C18H13BrFNO3S2/c1-2-24-15-7-10(11(19)9-14(15)22)8-16-17(23)21(18(25)26-16)13-6-4-3-5-12(13)20/h3-9,22H,2H2,1H3/b16-8+. The molecule has 3 rings (SSSR count). The molecule has 1 heterocycles. The third-order valence-corrected chi connectivity index (χ3v) is 5.54. The zero-order valence-electron chi connectivity index (χ0n) is 13.5. The molecule has 0 atom stereocenters. The van der Waals surface area contributed by atoms with Crippen LogP contribution in [0.3, 0.4) is 0 Å². The number of amides is 1. The second-order valence-electron chi connectivity index (χ2n) is 5.24. The first-order chi connectivity index (χ1) is 12.4. The summed E-state index contributed by atoms with van der Waals surface area (Å²) in [6, 6.07) is 9.10. The highest BCUT2D eigenvalue weighted by Gasteiger charge is 2.34. The Morgan fingerprint density at radius 1 is 1.38 bits per heavy atom. The Bertz CT molecular complexity index is 933. The Kier molecular flexibility index (Phi) is 5.64. The van der Waals surface area contributed by atoms with E-state index in [-0.39, 0.29) is 15.8 Å². The molecule has 0 aliphatic carbocycles. The largest absolute Gasteiger partial charge is 0.504 e. The highest BCUT2D eigenvalue weighted by atomic mass is 79.9. The highest BCUT2D eigenvalue weighted by molar-refractivity contribution is 9.10. The van der Waals surface area contributed by atoms with Crippen LogP contribution in [0.15, 0.2) is 45.8 Å².